The van der Waals surface area contributed by atoms with Crippen LogP contribution < -0.4 is 0 Å². The van der Waals surface area contributed by atoms with Crippen molar-refractivity contribution in [3.63, 3.8) is 0 Å². The van der Waals surface area contributed by atoms with E-state index in [1.165, 1.54) is 27.8 Å². The van der Waals surface area contributed by atoms with Crippen LogP contribution in [0.3, 0.4) is 0 Å². The lowest BCUT2D eigenvalue weighted by Crippen LogP contribution is -1.98. The van der Waals surface area contributed by atoms with Crippen LogP contribution in [0.15, 0.2) is 150 Å². The molecule has 9 aromatic rings. The quantitative estimate of drug-likeness (QED) is 0.197. The third kappa shape index (κ3) is 3.89. The molecule has 1 unspecified atom stereocenters. The van der Waals surface area contributed by atoms with E-state index >= 15 is 0 Å². The van der Waals surface area contributed by atoms with Crippen LogP contribution in [0.4, 0.5) is 0 Å². The van der Waals surface area contributed by atoms with Gasteiger partial charge in [0, 0.05) is 27.8 Å². The Bertz CT molecular complexity index is 2910. The molecule has 0 saturated carbocycles. The highest BCUT2D eigenvalue weighted by Gasteiger charge is 2.30. The van der Waals surface area contributed by atoms with E-state index in [0.717, 1.165) is 60.6 Å². The lowest BCUT2D eigenvalue weighted by Gasteiger charge is -2.14. The van der Waals surface area contributed by atoms with Crippen molar-refractivity contribution in [1.82, 2.24) is 4.57 Å². The molecule has 0 N–H and O–H groups in total. The van der Waals surface area contributed by atoms with Crippen molar-refractivity contribution in [3.05, 3.63) is 173 Å². The molecule has 1 atom stereocenters. The highest BCUT2D eigenvalue weighted by molar-refractivity contribution is 6.24. The number of nitriles is 2. The second-order valence-corrected chi connectivity index (χ2v) is 12.7. The Hall–Kier alpha value is -6.88. The summed E-state index contributed by atoms with van der Waals surface area (Å²) in [6.07, 6.45) is 0. The molecule has 0 spiro atoms. The van der Waals surface area contributed by atoms with E-state index in [-0.39, 0.29) is 5.92 Å². The standard InChI is InChI=1S/C45H25N3O/c46-25-30-14-17-32(22-31(30)26-47)48-40-20-16-29(24-39(40)44-41(48)21-19-37-34-11-6-7-13-42(34)49-45(37)44)28-15-18-36-38(23-28)33-10-4-5-12-35(33)43(36)27-8-2-1-3-9-27/h1-24,43H. The molecule has 7 aromatic carbocycles. The van der Waals surface area contributed by atoms with Gasteiger partial charge < -0.3 is 8.98 Å². The van der Waals surface area contributed by atoms with Crippen molar-refractivity contribution in [2.45, 2.75) is 5.92 Å². The maximum Gasteiger partial charge on any atom is 0.145 e. The molecule has 4 nitrogen and oxygen atoms in total. The molecule has 1 aliphatic rings. The molecule has 49 heavy (non-hydrogen) atoms. The zero-order valence-corrected chi connectivity index (χ0v) is 26.2. The number of furan rings is 1. The Morgan fingerprint density at radius 1 is 0.531 bits per heavy atom. The second kappa shape index (κ2) is 10.3. The monoisotopic (exact) mass is 623 g/mol. The fraction of sp³-hybridized carbons (Fsp3) is 0.0222. The summed E-state index contributed by atoms with van der Waals surface area (Å²) in [4.78, 5) is 0. The molecule has 2 heterocycles. The van der Waals surface area contributed by atoms with Crippen LogP contribution in [0.5, 0.6) is 0 Å². The molecule has 0 fully saturated rings. The average molecular weight is 624 g/mol. The molecule has 4 heteroatoms. The first-order valence-electron chi connectivity index (χ1n) is 16.3. The van der Waals surface area contributed by atoms with Crippen molar-refractivity contribution >= 4 is 43.7 Å². The summed E-state index contributed by atoms with van der Waals surface area (Å²) in [6, 6.07) is 55.2. The van der Waals surface area contributed by atoms with E-state index in [1.807, 2.05) is 24.3 Å². The molecular formula is C45H25N3O. The Morgan fingerprint density at radius 3 is 2.14 bits per heavy atom. The van der Waals surface area contributed by atoms with E-state index in [1.54, 1.807) is 12.1 Å². The zero-order valence-electron chi connectivity index (χ0n) is 26.2. The number of para-hydroxylation sites is 1. The smallest absolute Gasteiger partial charge is 0.145 e. The molecule has 2 aromatic heterocycles. The van der Waals surface area contributed by atoms with Crippen molar-refractivity contribution in [2.75, 3.05) is 0 Å². The van der Waals surface area contributed by atoms with Gasteiger partial charge in [0.05, 0.1) is 27.5 Å². The minimum atomic E-state index is 0.203. The third-order valence-corrected chi connectivity index (χ3v) is 10.2. The summed E-state index contributed by atoms with van der Waals surface area (Å²) in [5.41, 5.74) is 14.0. The topological polar surface area (TPSA) is 65.7 Å². The second-order valence-electron chi connectivity index (χ2n) is 12.7. The predicted octanol–water partition coefficient (Wildman–Crippen LogP) is 11.3. The minimum Gasteiger partial charge on any atom is -0.455 e. The van der Waals surface area contributed by atoms with Gasteiger partial charge in [-0.2, -0.15) is 10.5 Å². The summed E-state index contributed by atoms with van der Waals surface area (Å²) < 4.78 is 8.77. The maximum atomic E-state index is 9.87. The van der Waals surface area contributed by atoms with E-state index in [4.69, 9.17) is 4.42 Å². The Kier molecular flexibility index (Phi) is 5.73. The molecular weight excluding hydrogens is 599 g/mol. The lowest BCUT2D eigenvalue weighted by molar-refractivity contribution is 0.673. The SMILES string of the molecule is N#Cc1ccc(-n2c3ccc(-c4ccc5c(c4)-c4ccccc4C5c4ccccc4)cc3c3c4oc5ccccc5c4ccc32)cc1C#N. The summed E-state index contributed by atoms with van der Waals surface area (Å²) in [5.74, 6) is 0.203. The van der Waals surface area contributed by atoms with Crippen LogP contribution in [0.1, 0.15) is 33.7 Å². The van der Waals surface area contributed by atoms with Crippen LogP contribution >= 0.6 is 0 Å². The number of hydrogen-bond donors (Lipinski definition) is 0. The zero-order chi connectivity index (χ0) is 32.6. The van der Waals surface area contributed by atoms with E-state index < -0.39 is 0 Å². The Balaban J connectivity index is 1.23. The maximum absolute atomic E-state index is 9.87. The first kappa shape index (κ1) is 27.3. The summed E-state index contributed by atoms with van der Waals surface area (Å²) >= 11 is 0. The first-order chi connectivity index (χ1) is 24.2. The number of benzene rings is 7. The van der Waals surface area contributed by atoms with Crippen LogP contribution in [0.2, 0.25) is 0 Å². The van der Waals surface area contributed by atoms with Gasteiger partial charge in [-0.15, -0.1) is 0 Å². The number of rotatable bonds is 3. The van der Waals surface area contributed by atoms with Gasteiger partial charge in [0.15, 0.2) is 0 Å². The summed E-state index contributed by atoms with van der Waals surface area (Å²) in [6.45, 7) is 0. The van der Waals surface area contributed by atoms with Gasteiger partial charge >= 0.3 is 0 Å². The summed E-state index contributed by atoms with van der Waals surface area (Å²) in [7, 11) is 0. The normalized spacial score (nSPS) is 13.5. The van der Waals surface area contributed by atoms with Gasteiger partial charge in [-0.1, -0.05) is 91.0 Å². The average Bonchev–Trinajstić information content (AvgIpc) is 3.82. The molecule has 10 rings (SSSR count). The number of nitrogens with zero attached hydrogens (tertiary/aromatic N) is 3. The van der Waals surface area contributed by atoms with Gasteiger partial charge in [0.2, 0.25) is 0 Å². The van der Waals surface area contributed by atoms with E-state index in [9.17, 15) is 10.5 Å². The summed E-state index contributed by atoms with van der Waals surface area (Å²) in [5, 5.41) is 23.7. The minimum absolute atomic E-state index is 0.203. The fourth-order valence-corrected chi connectivity index (χ4v) is 7.99. The molecule has 0 aliphatic heterocycles. The third-order valence-electron chi connectivity index (χ3n) is 10.2. The largest absolute Gasteiger partial charge is 0.455 e. The number of hydrogen-bond acceptors (Lipinski definition) is 3. The molecule has 0 bridgehead atoms. The van der Waals surface area contributed by atoms with Gasteiger partial charge in [0.25, 0.3) is 0 Å². The Labute approximate surface area is 281 Å². The van der Waals surface area contributed by atoms with Gasteiger partial charge in [0.1, 0.15) is 23.3 Å². The lowest BCUT2D eigenvalue weighted by atomic mass is 9.89. The molecule has 0 saturated heterocycles. The van der Waals surface area contributed by atoms with Crippen molar-refractivity contribution < 1.29 is 4.42 Å². The van der Waals surface area contributed by atoms with E-state index in [2.05, 4.69) is 126 Å². The predicted molar refractivity (Wildman–Crippen MR) is 196 cm³/mol. The van der Waals surface area contributed by atoms with Crippen LogP contribution in [-0.4, -0.2) is 4.57 Å². The molecule has 1 aliphatic carbocycles. The van der Waals surface area contributed by atoms with Crippen molar-refractivity contribution in [3.8, 4) is 40.1 Å². The van der Waals surface area contributed by atoms with E-state index in [0.29, 0.717) is 11.1 Å². The molecule has 0 radical (unpaired) electrons. The van der Waals surface area contributed by atoms with Crippen LogP contribution in [0, 0.1) is 22.7 Å². The van der Waals surface area contributed by atoms with Crippen LogP contribution in [-0.2, 0) is 0 Å². The van der Waals surface area contributed by atoms with Gasteiger partial charge in [-0.25, -0.2) is 0 Å². The Morgan fingerprint density at radius 2 is 1.27 bits per heavy atom. The van der Waals surface area contributed by atoms with Gasteiger partial charge in [-0.3, -0.25) is 0 Å². The number of aromatic nitrogens is 1. The fourth-order valence-electron chi connectivity index (χ4n) is 7.99. The van der Waals surface area contributed by atoms with Crippen molar-refractivity contribution in [1.29, 1.82) is 10.5 Å². The highest BCUT2D eigenvalue weighted by Crippen LogP contribution is 2.49. The van der Waals surface area contributed by atoms with Gasteiger partial charge in [-0.05, 0) is 93.5 Å². The molecule has 0 amide bonds. The highest BCUT2D eigenvalue weighted by atomic mass is 16.3. The first-order valence-corrected chi connectivity index (χ1v) is 16.3. The van der Waals surface area contributed by atoms with Crippen LogP contribution in [0.25, 0.3) is 71.7 Å². The molecule has 226 valence electrons. The van der Waals surface area contributed by atoms with Crippen molar-refractivity contribution in [2.24, 2.45) is 0 Å². The number of fused-ring (bicyclic) bond motifs is 10.